The number of carbonyl (C=O) groups is 2. The van der Waals surface area contributed by atoms with Crippen LogP contribution in [0.25, 0.3) is 11.3 Å². The lowest BCUT2D eigenvalue weighted by molar-refractivity contribution is -0.138. The second kappa shape index (κ2) is 8.50. The first-order chi connectivity index (χ1) is 13.8. The highest BCUT2D eigenvalue weighted by Gasteiger charge is 2.34. The number of nitrogens with one attached hydrogen (secondary N) is 2. The zero-order valence-corrected chi connectivity index (χ0v) is 15.5. The van der Waals surface area contributed by atoms with Gasteiger partial charge < -0.3 is 20.2 Å². The standard InChI is InChI=1S/C19H15F3N2O4S/c20-19(21,22)12-4-1-2-5-13(12)24-18(27)17(26)23-9-14(25)16-8-11(10-29-16)15-6-3-7-28-15/h1-8,10,14,25H,9H2,(H,23,26)(H,24,27). The lowest BCUT2D eigenvalue weighted by Crippen LogP contribution is -2.37. The lowest BCUT2D eigenvalue weighted by Gasteiger charge is -2.14. The van der Waals surface area contributed by atoms with Gasteiger partial charge in [0, 0.05) is 22.4 Å². The molecular weight excluding hydrogens is 409 g/mol. The van der Waals surface area contributed by atoms with Crippen molar-refractivity contribution in [2.24, 2.45) is 0 Å². The summed E-state index contributed by atoms with van der Waals surface area (Å²) in [6.45, 7) is -0.286. The van der Waals surface area contributed by atoms with Crippen molar-refractivity contribution >= 4 is 28.8 Å². The van der Waals surface area contributed by atoms with Crippen molar-refractivity contribution < 1.29 is 32.3 Å². The third kappa shape index (κ3) is 5.04. The number of furan rings is 1. The maximum Gasteiger partial charge on any atom is 0.418 e. The molecule has 2 amide bonds. The molecule has 1 unspecified atom stereocenters. The summed E-state index contributed by atoms with van der Waals surface area (Å²) >= 11 is 1.24. The number of hydrogen-bond acceptors (Lipinski definition) is 5. The zero-order valence-electron chi connectivity index (χ0n) is 14.7. The molecule has 0 bridgehead atoms. The second-order valence-electron chi connectivity index (χ2n) is 5.94. The van der Waals surface area contributed by atoms with Crippen molar-refractivity contribution in [1.29, 1.82) is 0 Å². The molecule has 0 fully saturated rings. The predicted molar refractivity (Wildman–Crippen MR) is 100 cm³/mol. The number of aliphatic hydroxyl groups excluding tert-OH is 1. The van der Waals surface area contributed by atoms with Crippen LogP contribution in [0.15, 0.2) is 58.5 Å². The predicted octanol–water partition coefficient (Wildman–Crippen LogP) is 3.82. The van der Waals surface area contributed by atoms with E-state index in [0.717, 1.165) is 17.7 Å². The second-order valence-corrected chi connectivity index (χ2v) is 6.88. The average molecular weight is 424 g/mol. The van der Waals surface area contributed by atoms with Crippen LogP contribution in [0, 0.1) is 0 Å². The van der Waals surface area contributed by atoms with Crippen LogP contribution in [0.2, 0.25) is 0 Å². The van der Waals surface area contributed by atoms with Crippen molar-refractivity contribution in [1.82, 2.24) is 5.32 Å². The van der Waals surface area contributed by atoms with E-state index in [4.69, 9.17) is 4.42 Å². The van der Waals surface area contributed by atoms with E-state index in [0.29, 0.717) is 10.6 Å². The number of hydrogen-bond donors (Lipinski definition) is 3. The fourth-order valence-corrected chi connectivity index (χ4v) is 3.37. The first-order valence-corrected chi connectivity index (χ1v) is 9.19. The van der Waals surface area contributed by atoms with E-state index in [1.807, 2.05) is 5.32 Å². The number of para-hydroxylation sites is 1. The Morgan fingerprint density at radius 1 is 1.14 bits per heavy atom. The molecule has 0 aliphatic rings. The number of amides is 2. The van der Waals surface area contributed by atoms with Crippen LogP contribution in [0.5, 0.6) is 0 Å². The molecule has 2 heterocycles. The number of benzene rings is 1. The van der Waals surface area contributed by atoms with Crippen LogP contribution in [0.4, 0.5) is 18.9 Å². The van der Waals surface area contributed by atoms with Gasteiger partial charge in [-0.3, -0.25) is 9.59 Å². The molecular formula is C19H15F3N2O4S. The van der Waals surface area contributed by atoms with E-state index in [1.54, 1.807) is 23.6 Å². The number of halogens is 3. The molecule has 0 aliphatic heterocycles. The van der Waals surface area contributed by atoms with Gasteiger partial charge in [0.1, 0.15) is 11.9 Å². The van der Waals surface area contributed by atoms with Crippen LogP contribution < -0.4 is 10.6 Å². The molecule has 0 spiro atoms. The highest BCUT2D eigenvalue weighted by atomic mass is 32.1. The summed E-state index contributed by atoms with van der Waals surface area (Å²) in [5.41, 5.74) is -0.839. The van der Waals surface area contributed by atoms with E-state index in [9.17, 15) is 27.9 Å². The summed E-state index contributed by atoms with van der Waals surface area (Å²) in [5.74, 6) is -1.81. The molecule has 3 N–H and O–H groups in total. The number of alkyl halides is 3. The number of rotatable bonds is 5. The Hall–Kier alpha value is -3.11. The molecule has 0 saturated carbocycles. The van der Waals surface area contributed by atoms with Gasteiger partial charge in [-0.1, -0.05) is 12.1 Å². The monoisotopic (exact) mass is 424 g/mol. The smallest absolute Gasteiger partial charge is 0.418 e. The van der Waals surface area contributed by atoms with Crippen LogP contribution in [-0.2, 0) is 15.8 Å². The minimum Gasteiger partial charge on any atom is -0.464 e. The van der Waals surface area contributed by atoms with Crippen LogP contribution >= 0.6 is 11.3 Å². The zero-order chi connectivity index (χ0) is 21.0. The topological polar surface area (TPSA) is 91.6 Å². The molecule has 6 nitrogen and oxygen atoms in total. The van der Waals surface area contributed by atoms with Gasteiger partial charge in [-0.15, -0.1) is 11.3 Å². The number of thiophene rings is 1. The third-order valence-corrected chi connectivity index (χ3v) is 4.93. The van der Waals surface area contributed by atoms with E-state index in [1.165, 1.54) is 29.7 Å². The van der Waals surface area contributed by atoms with Crippen LogP contribution in [0.1, 0.15) is 16.5 Å². The van der Waals surface area contributed by atoms with Gasteiger partial charge >= 0.3 is 18.0 Å². The number of anilines is 1. The Balaban J connectivity index is 1.58. The molecule has 1 aromatic carbocycles. The van der Waals surface area contributed by atoms with E-state index in [2.05, 4.69) is 5.32 Å². The van der Waals surface area contributed by atoms with Crippen LogP contribution in [0.3, 0.4) is 0 Å². The van der Waals surface area contributed by atoms with E-state index in [-0.39, 0.29) is 6.54 Å². The Bertz CT molecular complexity index is 999. The third-order valence-electron chi connectivity index (χ3n) is 3.90. The summed E-state index contributed by atoms with van der Waals surface area (Å²) in [4.78, 5) is 24.4. The Labute approximate surface area is 167 Å². The molecule has 1 atom stereocenters. The van der Waals surface area contributed by atoms with Gasteiger partial charge in [0.05, 0.1) is 17.5 Å². The minimum atomic E-state index is -4.68. The Morgan fingerprint density at radius 3 is 2.59 bits per heavy atom. The van der Waals surface area contributed by atoms with Crippen molar-refractivity contribution in [3.8, 4) is 11.3 Å². The molecule has 29 heavy (non-hydrogen) atoms. The minimum absolute atomic E-state index is 0.286. The summed E-state index contributed by atoms with van der Waals surface area (Å²) in [7, 11) is 0. The van der Waals surface area contributed by atoms with Gasteiger partial charge in [-0.2, -0.15) is 13.2 Å². The van der Waals surface area contributed by atoms with Gasteiger partial charge in [0.2, 0.25) is 0 Å². The summed E-state index contributed by atoms with van der Waals surface area (Å²) in [6.07, 6.45) is -4.26. The van der Waals surface area contributed by atoms with Crippen molar-refractivity contribution in [2.75, 3.05) is 11.9 Å². The molecule has 2 aromatic heterocycles. The highest BCUT2D eigenvalue weighted by Crippen LogP contribution is 2.34. The molecule has 0 aliphatic carbocycles. The fourth-order valence-electron chi connectivity index (χ4n) is 2.49. The quantitative estimate of drug-likeness (QED) is 0.543. The van der Waals surface area contributed by atoms with Gasteiger partial charge in [-0.25, -0.2) is 0 Å². The van der Waals surface area contributed by atoms with Gasteiger partial charge in [0.25, 0.3) is 0 Å². The van der Waals surface area contributed by atoms with E-state index >= 15 is 0 Å². The van der Waals surface area contributed by atoms with Crippen molar-refractivity contribution in [3.63, 3.8) is 0 Å². The van der Waals surface area contributed by atoms with Gasteiger partial charge in [-0.05, 0) is 30.3 Å². The first kappa shape index (κ1) is 20.6. The first-order valence-electron chi connectivity index (χ1n) is 8.31. The maximum atomic E-state index is 13.0. The molecule has 152 valence electrons. The number of carbonyl (C=O) groups excluding carboxylic acids is 2. The van der Waals surface area contributed by atoms with E-state index < -0.39 is 35.3 Å². The van der Waals surface area contributed by atoms with Crippen LogP contribution in [-0.4, -0.2) is 23.5 Å². The summed E-state index contributed by atoms with van der Waals surface area (Å²) < 4.78 is 44.1. The van der Waals surface area contributed by atoms with Gasteiger partial charge in [0.15, 0.2) is 0 Å². The molecule has 10 heteroatoms. The van der Waals surface area contributed by atoms with Crippen molar-refractivity contribution in [3.05, 3.63) is 64.5 Å². The fraction of sp³-hybridized carbons (Fsp3) is 0.158. The normalized spacial score (nSPS) is 12.4. The largest absolute Gasteiger partial charge is 0.464 e. The molecule has 3 rings (SSSR count). The SMILES string of the molecule is O=C(NCC(O)c1cc(-c2ccco2)cs1)C(=O)Nc1ccccc1C(F)(F)F. The average Bonchev–Trinajstić information content (AvgIpc) is 3.36. The highest BCUT2D eigenvalue weighted by molar-refractivity contribution is 7.10. The summed E-state index contributed by atoms with van der Waals surface area (Å²) in [6, 6.07) is 9.48. The van der Waals surface area contributed by atoms with Crippen molar-refractivity contribution in [2.45, 2.75) is 12.3 Å². The molecule has 3 aromatic rings. The number of aliphatic hydroxyl groups is 1. The lowest BCUT2D eigenvalue weighted by atomic mass is 10.1. The molecule has 0 radical (unpaired) electrons. The summed E-state index contributed by atoms with van der Waals surface area (Å²) in [5, 5.41) is 16.1. The Morgan fingerprint density at radius 2 is 1.90 bits per heavy atom. The Kier molecular flexibility index (Phi) is 6.04. The maximum absolute atomic E-state index is 13.0. The molecule has 0 saturated heterocycles.